The molecule has 0 spiro atoms. The Balaban J connectivity index is 1.42. The molecule has 0 aliphatic carbocycles. The highest BCUT2D eigenvalue weighted by atomic mass is 14.9. The Hall–Kier alpha value is -5.60. The van der Waals surface area contributed by atoms with Crippen LogP contribution < -0.4 is 0 Å². The van der Waals surface area contributed by atoms with E-state index in [1.165, 1.54) is 22.3 Å². The largest absolute Gasteiger partial charge is 0.243 e. The topological polar surface area (TPSA) is 25.8 Å². The molecule has 7 aromatic rings. The molecule has 2 nitrogen and oxygen atoms in total. The van der Waals surface area contributed by atoms with Crippen molar-refractivity contribution < 1.29 is 0 Å². The van der Waals surface area contributed by atoms with Gasteiger partial charge in [-0.2, -0.15) is 0 Å². The zero-order valence-corrected chi connectivity index (χ0v) is 23.1. The van der Waals surface area contributed by atoms with Gasteiger partial charge in [-0.15, -0.1) is 0 Å². The first-order valence-electron chi connectivity index (χ1n) is 14.2. The minimum absolute atomic E-state index is 0.864. The van der Waals surface area contributed by atoms with Crippen LogP contribution in [0.1, 0.15) is 0 Å². The zero-order chi connectivity index (χ0) is 28.1. The molecule has 7 rings (SSSR count). The average Bonchev–Trinajstić information content (AvgIpc) is 3.09. The minimum Gasteiger partial charge on any atom is -0.243 e. The van der Waals surface area contributed by atoms with Gasteiger partial charge in [-0.1, -0.05) is 170 Å². The van der Waals surface area contributed by atoms with Crippen LogP contribution in [0.2, 0.25) is 0 Å². The summed E-state index contributed by atoms with van der Waals surface area (Å²) in [6.45, 7) is 0. The highest BCUT2D eigenvalue weighted by molar-refractivity contribution is 5.87. The number of aromatic nitrogens is 2. The third-order valence-electron chi connectivity index (χ3n) is 7.52. The van der Waals surface area contributed by atoms with E-state index >= 15 is 0 Å². The van der Waals surface area contributed by atoms with Crippen LogP contribution in [0, 0.1) is 0 Å². The monoisotopic (exact) mass is 536 g/mol. The van der Waals surface area contributed by atoms with Crippen LogP contribution in [0.15, 0.2) is 170 Å². The van der Waals surface area contributed by atoms with Crippen LogP contribution in [0.3, 0.4) is 0 Å². The second kappa shape index (κ2) is 11.5. The van der Waals surface area contributed by atoms with Crippen LogP contribution in [0.4, 0.5) is 0 Å². The SMILES string of the molecule is c1ccc(-c2ccc(-c3nc(-c4ccc(-c5ccccc5)cc4)c(-c4ccccc4)nc3-c3ccccc3)cc2)cc1. The Morgan fingerprint density at radius 2 is 0.381 bits per heavy atom. The molecule has 42 heavy (non-hydrogen) atoms. The molecule has 0 N–H and O–H groups in total. The number of hydrogen-bond acceptors (Lipinski definition) is 2. The predicted molar refractivity (Wildman–Crippen MR) is 175 cm³/mol. The van der Waals surface area contributed by atoms with Gasteiger partial charge in [0, 0.05) is 22.3 Å². The maximum absolute atomic E-state index is 5.41. The quantitative estimate of drug-likeness (QED) is 0.211. The summed E-state index contributed by atoms with van der Waals surface area (Å²) < 4.78 is 0. The lowest BCUT2D eigenvalue weighted by Gasteiger charge is -2.16. The first kappa shape index (κ1) is 25.4. The van der Waals surface area contributed by atoms with Crippen molar-refractivity contribution in [3.05, 3.63) is 170 Å². The van der Waals surface area contributed by atoms with Gasteiger partial charge >= 0.3 is 0 Å². The fraction of sp³-hybridized carbons (Fsp3) is 0. The summed E-state index contributed by atoms with van der Waals surface area (Å²) >= 11 is 0. The molecule has 0 bridgehead atoms. The third-order valence-corrected chi connectivity index (χ3v) is 7.52. The highest BCUT2D eigenvalue weighted by Gasteiger charge is 2.19. The van der Waals surface area contributed by atoms with Crippen LogP contribution in [-0.4, -0.2) is 9.97 Å². The molecule has 0 unspecified atom stereocenters. The summed E-state index contributed by atoms with van der Waals surface area (Å²) in [4.78, 5) is 10.8. The van der Waals surface area contributed by atoms with E-state index in [4.69, 9.17) is 9.97 Å². The Bertz CT molecular complexity index is 1770. The highest BCUT2D eigenvalue weighted by Crippen LogP contribution is 2.38. The lowest BCUT2D eigenvalue weighted by Crippen LogP contribution is -2.01. The molecular weight excluding hydrogens is 508 g/mol. The lowest BCUT2D eigenvalue weighted by molar-refractivity contribution is 1.21. The standard InChI is InChI=1S/C40H28N2/c1-5-13-29(14-6-1)31-21-25-35(26-22-31)39-37(33-17-9-3-10-18-33)41-38(34-19-11-4-12-20-34)40(42-39)36-27-23-32(24-28-36)30-15-7-2-8-16-30/h1-28H. The fourth-order valence-corrected chi connectivity index (χ4v) is 5.33. The molecule has 0 saturated heterocycles. The van der Waals surface area contributed by atoms with E-state index in [-0.39, 0.29) is 0 Å². The lowest BCUT2D eigenvalue weighted by atomic mass is 9.97. The second-order valence-electron chi connectivity index (χ2n) is 10.2. The maximum atomic E-state index is 5.41. The van der Waals surface area contributed by atoms with Crippen molar-refractivity contribution >= 4 is 0 Å². The van der Waals surface area contributed by atoms with Gasteiger partial charge < -0.3 is 0 Å². The molecule has 6 aromatic carbocycles. The molecule has 0 fully saturated rings. The molecular formula is C40H28N2. The first-order valence-corrected chi connectivity index (χ1v) is 14.2. The van der Waals surface area contributed by atoms with Crippen molar-refractivity contribution in [3.63, 3.8) is 0 Å². The second-order valence-corrected chi connectivity index (χ2v) is 10.2. The van der Waals surface area contributed by atoms with E-state index in [0.29, 0.717) is 0 Å². The van der Waals surface area contributed by atoms with Gasteiger partial charge in [0.1, 0.15) is 0 Å². The van der Waals surface area contributed by atoms with Crippen LogP contribution in [0.25, 0.3) is 67.3 Å². The van der Waals surface area contributed by atoms with Crippen LogP contribution in [-0.2, 0) is 0 Å². The molecule has 0 amide bonds. The number of hydrogen-bond donors (Lipinski definition) is 0. The van der Waals surface area contributed by atoms with E-state index in [1.807, 2.05) is 24.3 Å². The van der Waals surface area contributed by atoms with Gasteiger partial charge in [-0.05, 0) is 22.3 Å². The number of nitrogens with zero attached hydrogens (tertiary/aromatic N) is 2. The third kappa shape index (κ3) is 5.14. The van der Waals surface area contributed by atoms with Crippen LogP contribution in [0.5, 0.6) is 0 Å². The molecule has 198 valence electrons. The summed E-state index contributed by atoms with van der Waals surface area (Å²) in [6.07, 6.45) is 0. The van der Waals surface area contributed by atoms with Gasteiger partial charge in [-0.3, -0.25) is 0 Å². The molecule has 2 heteroatoms. The first-order chi connectivity index (χ1) is 20.8. The molecule has 0 aliphatic heterocycles. The molecule has 0 aliphatic rings. The van der Waals surface area contributed by atoms with Crippen molar-refractivity contribution in [2.75, 3.05) is 0 Å². The summed E-state index contributed by atoms with van der Waals surface area (Å²) in [5.74, 6) is 0. The van der Waals surface area contributed by atoms with E-state index < -0.39 is 0 Å². The van der Waals surface area contributed by atoms with E-state index in [2.05, 4.69) is 146 Å². The molecule has 1 aromatic heterocycles. The van der Waals surface area contributed by atoms with Gasteiger partial charge in [0.25, 0.3) is 0 Å². The zero-order valence-electron chi connectivity index (χ0n) is 23.1. The van der Waals surface area contributed by atoms with Gasteiger partial charge in [-0.25, -0.2) is 9.97 Å². The van der Waals surface area contributed by atoms with Crippen molar-refractivity contribution in [1.82, 2.24) is 9.97 Å². The summed E-state index contributed by atoms with van der Waals surface area (Å²) in [6, 6.07) is 58.9. The maximum Gasteiger partial charge on any atom is 0.0973 e. The van der Waals surface area contributed by atoms with Gasteiger partial charge in [0.15, 0.2) is 0 Å². The molecule has 1 heterocycles. The Kier molecular flexibility index (Phi) is 6.94. The fourth-order valence-electron chi connectivity index (χ4n) is 5.33. The normalized spacial score (nSPS) is 10.9. The van der Waals surface area contributed by atoms with Crippen molar-refractivity contribution in [2.45, 2.75) is 0 Å². The Morgan fingerprint density at radius 3 is 0.667 bits per heavy atom. The van der Waals surface area contributed by atoms with Crippen molar-refractivity contribution in [3.8, 4) is 67.3 Å². The minimum atomic E-state index is 0.864. The Labute approximate surface area is 246 Å². The number of rotatable bonds is 6. The van der Waals surface area contributed by atoms with Gasteiger partial charge in [0.05, 0.1) is 22.8 Å². The molecule has 0 radical (unpaired) electrons. The van der Waals surface area contributed by atoms with E-state index in [0.717, 1.165) is 45.0 Å². The summed E-state index contributed by atoms with van der Waals surface area (Å²) in [5.41, 5.74) is 12.3. The predicted octanol–water partition coefficient (Wildman–Crippen LogP) is 10.5. The summed E-state index contributed by atoms with van der Waals surface area (Å²) in [5, 5.41) is 0. The van der Waals surface area contributed by atoms with Gasteiger partial charge in [0.2, 0.25) is 0 Å². The average molecular weight is 537 g/mol. The summed E-state index contributed by atoms with van der Waals surface area (Å²) in [7, 11) is 0. The smallest absolute Gasteiger partial charge is 0.0973 e. The van der Waals surface area contributed by atoms with Crippen LogP contribution >= 0.6 is 0 Å². The van der Waals surface area contributed by atoms with Crippen molar-refractivity contribution in [2.24, 2.45) is 0 Å². The van der Waals surface area contributed by atoms with E-state index in [9.17, 15) is 0 Å². The van der Waals surface area contributed by atoms with E-state index in [1.54, 1.807) is 0 Å². The Morgan fingerprint density at radius 1 is 0.190 bits per heavy atom. The number of benzene rings is 6. The molecule has 0 atom stereocenters. The van der Waals surface area contributed by atoms with Crippen molar-refractivity contribution in [1.29, 1.82) is 0 Å². The molecule has 0 saturated carbocycles.